The Balaban J connectivity index is 1.82. The summed E-state index contributed by atoms with van der Waals surface area (Å²) in [6.07, 6.45) is 0. The van der Waals surface area contributed by atoms with Gasteiger partial charge in [0.25, 0.3) is 6.01 Å². The number of ether oxygens (including phenoxy) is 2. The SMILES string of the molecule is CNc1nc(OCc2cccc(OC)c2)n(Cc2ccc(Cl)cc2)c1C. The normalized spacial score (nSPS) is 10.6. The molecule has 0 atom stereocenters. The number of imidazole rings is 1. The lowest BCUT2D eigenvalue weighted by Gasteiger charge is -2.11. The fourth-order valence-electron chi connectivity index (χ4n) is 2.72. The van der Waals surface area contributed by atoms with Gasteiger partial charge in [0.1, 0.15) is 12.4 Å². The molecule has 0 amide bonds. The quantitative estimate of drug-likeness (QED) is 0.663. The van der Waals surface area contributed by atoms with E-state index in [0.717, 1.165) is 33.4 Å². The van der Waals surface area contributed by atoms with Crippen molar-refractivity contribution in [2.24, 2.45) is 0 Å². The van der Waals surface area contributed by atoms with Gasteiger partial charge in [0.15, 0.2) is 5.82 Å². The Morgan fingerprint density at radius 1 is 1.12 bits per heavy atom. The van der Waals surface area contributed by atoms with E-state index < -0.39 is 0 Å². The Morgan fingerprint density at radius 2 is 1.88 bits per heavy atom. The number of hydrogen-bond donors (Lipinski definition) is 1. The maximum absolute atomic E-state index is 6.01. The number of rotatable bonds is 7. The van der Waals surface area contributed by atoms with Crippen molar-refractivity contribution in [3.63, 3.8) is 0 Å². The molecule has 0 spiro atoms. The van der Waals surface area contributed by atoms with Crippen molar-refractivity contribution < 1.29 is 9.47 Å². The molecule has 5 nitrogen and oxygen atoms in total. The number of aromatic nitrogens is 2. The summed E-state index contributed by atoms with van der Waals surface area (Å²) in [6, 6.07) is 16.2. The highest BCUT2D eigenvalue weighted by Crippen LogP contribution is 2.24. The van der Waals surface area contributed by atoms with Gasteiger partial charge in [-0.2, -0.15) is 4.98 Å². The summed E-state index contributed by atoms with van der Waals surface area (Å²) in [6.45, 7) is 3.09. The van der Waals surface area contributed by atoms with E-state index in [2.05, 4.69) is 14.9 Å². The minimum Gasteiger partial charge on any atom is -0.497 e. The number of halogens is 1. The van der Waals surface area contributed by atoms with Gasteiger partial charge in [0, 0.05) is 12.1 Å². The zero-order valence-electron chi connectivity index (χ0n) is 15.1. The standard InChI is InChI=1S/C20H22ClN3O2/c1-14-19(22-2)23-20(24(14)12-15-7-9-17(21)10-8-15)26-13-16-5-4-6-18(11-16)25-3/h4-11,22H,12-13H2,1-3H3. The van der Waals surface area contributed by atoms with E-state index in [4.69, 9.17) is 21.1 Å². The van der Waals surface area contributed by atoms with Crippen LogP contribution in [0, 0.1) is 6.92 Å². The molecule has 0 unspecified atom stereocenters. The molecular formula is C20H22ClN3O2. The average Bonchev–Trinajstić information content (AvgIpc) is 2.97. The molecule has 3 rings (SSSR count). The first-order chi connectivity index (χ1) is 12.6. The molecule has 0 aliphatic heterocycles. The van der Waals surface area contributed by atoms with Gasteiger partial charge >= 0.3 is 0 Å². The summed E-state index contributed by atoms with van der Waals surface area (Å²) in [5.74, 6) is 1.61. The Bertz CT molecular complexity index is 875. The van der Waals surface area contributed by atoms with Crippen LogP contribution in [-0.2, 0) is 13.2 Å². The minimum atomic E-state index is 0.414. The summed E-state index contributed by atoms with van der Waals surface area (Å²) < 4.78 is 13.3. The second-order valence-electron chi connectivity index (χ2n) is 5.93. The number of methoxy groups -OCH3 is 1. The molecule has 1 heterocycles. The number of nitrogens with zero attached hydrogens (tertiary/aromatic N) is 2. The van der Waals surface area contributed by atoms with Gasteiger partial charge in [-0.3, -0.25) is 4.57 Å². The number of hydrogen-bond acceptors (Lipinski definition) is 4. The summed E-state index contributed by atoms with van der Waals surface area (Å²) >= 11 is 5.98. The highest BCUT2D eigenvalue weighted by molar-refractivity contribution is 6.30. The zero-order chi connectivity index (χ0) is 18.5. The molecule has 2 aromatic carbocycles. The Hall–Kier alpha value is -2.66. The molecule has 0 saturated carbocycles. The molecule has 136 valence electrons. The monoisotopic (exact) mass is 371 g/mol. The van der Waals surface area contributed by atoms with Crippen molar-refractivity contribution in [3.05, 3.63) is 70.4 Å². The van der Waals surface area contributed by atoms with Gasteiger partial charge in [-0.05, 0) is 42.3 Å². The van der Waals surface area contributed by atoms with E-state index >= 15 is 0 Å². The summed E-state index contributed by atoms with van der Waals surface area (Å²) in [7, 11) is 3.51. The third-order valence-corrected chi connectivity index (χ3v) is 4.43. The van der Waals surface area contributed by atoms with E-state index in [9.17, 15) is 0 Å². The molecule has 0 aliphatic rings. The topological polar surface area (TPSA) is 48.3 Å². The van der Waals surface area contributed by atoms with Crippen molar-refractivity contribution >= 4 is 17.4 Å². The third-order valence-electron chi connectivity index (χ3n) is 4.18. The van der Waals surface area contributed by atoms with Crippen LogP contribution in [0.25, 0.3) is 0 Å². The summed E-state index contributed by atoms with van der Waals surface area (Å²) in [5.41, 5.74) is 3.17. The maximum Gasteiger partial charge on any atom is 0.299 e. The Labute approximate surface area is 158 Å². The molecule has 6 heteroatoms. The maximum atomic E-state index is 6.01. The number of anilines is 1. The third kappa shape index (κ3) is 4.11. The number of nitrogens with one attached hydrogen (secondary N) is 1. The Morgan fingerprint density at radius 3 is 2.58 bits per heavy atom. The van der Waals surface area contributed by atoms with Crippen molar-refractivity contribution in [2.75, 3.05) is 19.5 Å². The van der Waals surface area contributed by atoms with Crippen molar-refractivity contribution in [1.82, 2.24) is 9.55 Å². The first kappa shape index (κ1) is 18.1. The largest absolute Gasteiger partial charge is 0.497 e. The number of benzene rings is 2. The van der Waals surface area contributed by atoms with Crippen LogP contribution < -0.4 is 14.8 Å². The Kier molecular flexibility index (Phi) is 5.68. The van der Waals surface area contributed by atoms with Gasteiger partial charge < -0.3 is 14.8 Å². The van der Waals surface area contributed by atoms with Crippen molar-refractivity contribution in [2.45, 2.75) is 20.1 Å². The fraction of sp³-hybridized carbons (Fsp3) is 0.250. The van der Waals surface area contributed by atoms with Crippen LogP contribution in [0.15, 0.2) is 48.5 Å². The summed E-state index contributed by atoms with van der Waals surface area (Å²) in [4.78, 5) is 4.57. The molecule has 0 bridgehead atoms. The lowest BCUT2D eigenvalue weighted by atomic mass is 10.2. The van der Waals surface area contributed by atoms with Crippen LogP contribution in [0.4, 0.5) is 5.82 Å². The second-order valence-corrected chi connectivity index (χ2v) is 6.37. The zero-order valence-corrected chi connectivity index (χ0v) is 15.9. The molecule has 26 heavy (non-hydrogen) atoms. The van der Waals surface area contributed by atoms with Crippen LogP contribution in [0.5, 0.6) is 11.8 Å². The van der Waals surface area contributed by atoms with E-state index in [1.54, 1.807) is 7.11 Å². The van der Waals surface area contributed by atoms with Gasteiger partial charge in [0.2, 0.25) is 0 Å². The first-order valence-corrected chi connectivity index (χ1v) is 8.73. The average molecular weight is 372 g/mol. The van der Waals surface area contributed by atoms with Crippen LogP contribution in [0.3, 0.4) is 0 Å². The van der Waals surface area contributed by atoms with Gasteiger partial charge in [0.05, 0.1) is 19.3 Å². The molecule has 3 aromatic rings. The highest BCUT2D eigenvalue weighted by Gasteiger charge is 2.15. The van der Waals surface area contributed by atoms with E-state index in [1.807, 2.05) is 62.5 Å². The summed E-state index contributed by atoms with van der Waals surface area (Å²) in [5, 5.41) is 3.84. The van der Waals surface area contributed by atoms with Crippen LogP contribution in [0.2, 0.25) is 5.02 Å². The molecule has 0 aliphatic carbocycles. The fourth-order valence-corrected chi connectivity index (χ4v) is 2.85. The lowest BCUT2D eigenvalue weighted by molar-refractivity contribution is 0.268. The molecule has 1 aromatic heterocycles. The molecule has 1 N–H and O–H groups in total. The predicted octanol–water partition coefficient (Wildman–Crippen LogP) is 4.52. The van der Waals surface area contributed by atoms with Crippen molar-refractivity contribution in [3.8, 4) is 11.8 Å². The van der Waals surface area contributed by atoms with Gasteiger partial charge in [-0.1, -0.05) is 35.9 Å². The molecule has 0 fully saturated rings. The highest BCUT2D eigenvalue weighted by atomic mass is 35.5. The first-order valence-electron chi connectivity index (χ1n) is 8.35. The second kappa shape index (κ2) is 8.15. The molecule has 0 saturated heterocycles. The molecular weight excluding hydrogens is 350 g/mol. The van der Waals surface area contributed by atoms with E-state index in [1.165, 1.54) is 0 Å². The van der Waals surface area contributed by atoms with Crippen LogP contribution in [0.1, 0.15) is 16.8 Å². The predicted molar refractivity (Wildman–Crippen MR) is 104 cm³/mol. The van der Waals surface area contributed by atoms with Crippen molar-refractivity contribution in [1.29, 1.82) is 0 Å². The lowest BCUT2D eigenvalue weighted by Crippen LogP contribution is -2.07. The van der Waals surface area contributed by atoms with E-state index in [0.29, 0.717) is 19.2 Å². The minimum absolute atomic E-state index is 0.414. The van der Waals surface area contributed by atoms with Gasteiger partial charge in [-0.15, -0.1) is 0 Å². The van der Waals surface area contributed by atoms with Crippen LogP contribution >= 0.6 is 11.6 Å². The smallest absolute Gasteiger partial charge is 0.299 e. The van der Waals surface area contributed by atoms with Gasteiger partial charge in [-0.25, -0.2) is 0 Å². The molecule has 0 radical (unpaired) electrons. The van der Waals surface area contributed by atoms with Crippen LogP contribution in [-0.4, -0.2) is 23.7 Å². The van der Waals surface area contributed by atoms with E-state index in [-0.39, 0.29) is 0 Å².